The van der Waals surface area contributed by atoms with Gasteiger partial charge in [0.05, 0.1) is 12.1 Å². The molecule has 26 heavy (non-hydrogen) atoms. The second kappa shape index (κ2) is 7.97. The summed E-state index contributed by atoms with van der Waals surface area (Å²) >= 11 is 6.02. The van der Waals surface area contributed by atoms with Crippen LogP contribution in [0, 0.1) is 5.82 Å². The average molecular weight is 376 g/mol. The average Bonchev–Trinajstić information content (AvgIpc) is 3.10. The van der Waals surface area contributed by atoms with Gasteiger partial charge in [-0.3, -0.25) is 4.79 Å². The van der Waals surface area contributed by atoms with Crippen molar-refractivity contribution < 1.29 is 18.4 Å². The quantitative estimate of drug-likeness (QED) is 0.701. The van der Waals surface area contributed by atoms with E-state index in [2.05, 4.69) is 15.5 Å². The third-order valence-electron chi connectivity index (χ3n) is 3.57. The Morgan fingerprint density at radius 3 is 2.73 bits per heavy atom. The van der Waals surface area contributed by atoms with Crippen molar-refractivity contribution in [1.29, 1.82) is 0 Å². The summed E-state index contributed by atoms with van der Waals surface area (Å²) in [6, 6.07) is 10.7. The van der Waals surface area contributed by atoms with Crippen molar-refractivity contribution in [1.82, 2.24) is 10.1 Å². The monoisotopic (exact) mass is 375 g/mol. The molecule has 0 fully saturated rings. The molecule has 0 bridgehead atoms. The van der Waals surface area contributed by atoms with Crippen LogP contribution in [0.25, 0.3) is 11.4 Å². The second-order valence-electron chi connectivity index (χ2n) is 5.42. The molecule has 1 amide bonds. The minimum Gasteiger partial charge on any atom is -0.495 e. The van der Waals surface area contributed by atoms with Crippen LogP contribution in [-0.4, -0.2) is 23.2 Å². The molecule has 0 aliphatic heterocycles. The topological polar surface area (TPSA) is 77.2 Å². The first-order valence-corrected chi connectivity index (χ1v) is 8.15. The zero-order valence-corrected chi connectivity index (χ0v) is 14.6. The molecule has 0 aliphatic rings. The molecule has 1 N–H and O–H groups in total. The molecule has 8 heteroatoms. The molecule has 0 saturated carbocycles. The Morgan fingerprint density at radius 2 is 2.04 bits per heavy atom. The number of hydrogen-bond acceptors (Lipinski definition) is 5. The van der Waals surface area contributed by atoms with E-state index in [1.807, 2.05) is 0 Å². The van der Waals surface area contributed by atoms with Crippen LogP contribution in [0.15, 0.2) is 47.0 Å². The van der Waals surface area contributed by atoms with Gasteiger partial charge in [0, 0.05) is 24.1 Å². The molecule has 0 radical (unpaired) electrons. The fourth-order valence-corrected chi connectivity index (χ4v) is 2.52. The van der Waals surface area contributed by atoms with E-state index in [-0.39, 0.29) is 24.6 Å². The first-order valence-electron chi connectivity index (χ1n) is 7.77. The number of aromatic nitrogens is 2. The number of nitrogens with one attached hydrogen (secondary N) is 1. The van der Waals surface area contributed by atoms with Crippen molar-refractivity contribution in [3.05, 3.63) is 59.2 Å². The lowest BCUT2D eigenvalue weighted by Crippen LogP contribution is -2.12. The molecule has 0 unspecified atom stereocenters. The molecule has 3 rings (SSSR count). The standard InChI is InChI=1S/C18H15ClFN3O3/c1-25-15-7-6-13(10-14(15)19)21-16(24)8-9-17-22-18(23-26-17)11-2-4-12(20)5-3-11/h2-7,10H,8-9H2,1H3,(H,21,24). The van der Waals surface area contributed by atoms with Crippen LogP contribution in [0.3, 0.4) is 0 Å². The smallest absolute Gasteiger partial charge is 0.227 e. The predicted octanol–water partition coefficient (Wildman–Crippen LogP) is 4.11. The maximum atomic E-state index is 12.9. The van der Waals surface area contributed by atoms with Crippen LogP contribution >= 0.6 is 11.6 Å². The van der Waals surface area contributed by atoms with Crippen molar-refractivity contribution in [3.8, 4) is 17.1 Å². The van der Waals surface area contributed by atoms with E-state index >= 15 is 0 Å². The molecule has 3 aromatic rings. The summed E-state index contributed by atoms with van der Waals surface area (Å²) in [6.45, 7) is 0. The fraction of sp³-hybridized carbons (Fsp3) is 0.167. The van der Waals surface area contributed by atoms with E-state index in [4.69, 9.17) is 20.9 Å². The van der Waals surface area contributed by atoms with Gasteiger partial charge in [0.25, 0.3) is 0 Å². The van der Waals surface area contributed by atoms with Crippen molar-refractivity contribution in [2.75, 3.05) is 12.4 Å². The number of methoxy groups -OCH3 is 1. The normalized spacial score (nSPS) is 10.6. The second-order valence-corrected chi connectivity index (χ2v) is 5.82. The molecular weight excluding hydrogens is 361 g/mol. The van der Waals surface area contributed by atoms with Gasteiger partial charge in [-0.25, -0.2) is 4.39 Å². The number of rotatable bonds is 6. The van der Waals surface area contributed by atoms with Crippen LogP contribution in [0.1, 0.15) is 12.3 Å². The number of anilines is 1. The SMILES string of the molecule is COc1ccc(NC(=O)CCc2nc(-c3ccc(F)cc3)no2)cc1Cl. The van der Waals surface area contributed by atoms with Crippen LogP contribution in [-0.2, 0) is 11.2 Å². The maximum absolute atomic E-state index is 12.9. The summed E-state index contributed by atoms with van der Waals surface area (Å²) in [5.41, 5.74) is 1.21. The first-order chi connectivity index (χ1) is 12.5. The van der Waals surface area contributed by atoms with E-state index in [0.29, 0.717) is 33.7 Å². The van der Waals surface area contributed by atoms with Crippen molar-refractivity contribution >= 4 is 23.2 Å². The minimum atomic E-state index is -0.340. The minimum absolute atomic E-state index is 0.161. The van der Waals surface area contributed by atoms with Crippen LogP contribution in [0.2, 0.25) is 5.02 Å². The number of carbonyl (C=O) groups excluding carboxylic acids is 1. The molecule has 1 heterocycles. The fourth-order valence-electron chi connectivity index (χ4n) is 2.26. The molecule has 0 aliphatic carbocycles. The number of nitrogens with zero attached hydrogens (tertiary/aromatic N) is 2. The van der Waals surface area contributed by atoms with Crippen molar-refractivity contribution in [3.63, 3.8) is 0 Å². The summed E-state index contributed by atoms with van der Waals surface area (Å²) in [4.78, 5) is 16.3. The lowest BCUT2D eigenvalue weighted by molar-refractivity contribution is -0.116. The van der Waals surface area contributed by atoms with Crippen LogP contribution < -0.4 is 10.1 Å². The zero-order valence-electron chi connectivity index (χ0n) is 13.8. The Kier molecular flexibility index (Phi) is 5.48. The summed E-state index contributed by atoms with van der Waals surface area (Å²) in [7, 11) is 1.52. The van der Waals surface area contributed by atoms with Gasteiger partial charge >= 0.3 is 0 Å². The van der Waals surface area contributed by atoms with E-state index in [1.54, 1.807) is 30.3 Å². The highest BCUT2D eigenvalue weighted by Crippen LogP contribution is 2.27. The van der Waals surface area contributed by atoms with E-state index in [1.165, 1.54) is 19.2 Å². The van der Waals surface area contributed by atoms with Crippen molar-refractivity contribution in [2.45, 2.75) is 12.8 Å². The lowest BCUT2D eigenvalue weighted by Gasteiger charge is -2.07. The number of halogens is 2. The molecule has 1 aromatic heterocycles. The Morgan fingerprint density at radius 1 is 1.27 bits per heavy atom. The Balaban J connectivity index is 1.56. The van der Waals surface area contributed by atoms with Gasteiger partial charge in [-0.2, -0.15) is 4.98 Å². The van der Waals surface area contributed by atoms with Gasteiger partial charge in [-0.1, -0.05) is 16.8 Å². The Bertz CT molecular complexity index is 912. The highest BCUT2D eigenvalue weighted by molar-refractivity contribution is 6.32. The van der Waals surface area contributed by atoms with Gasteiger partial charge in [0.15, 0.2) is 0 Å². The Labute approximate surface area is 153 Å². The zero-order chi connectivity index (χ0) is 18.5. The summed E-state index contributed by atoms with van der Waals surface area (Å²) in [6.07, 6.45) is 0.443. The van der Waals surface area contributed by atoms with Gasteiger partial charge in [0.2, 0.25) is 17.6 Å². The molecule has 0 spiro atoms. The van der Waals surface area contributed by atoms with Crippen molar-refractivity contribution in [2.24, 2.45) is 0 Å². The summed E-state index contributed by atoms with van der Waals surface area (Å²) < 4.78 is 23.1. The molecule has 134 valence electrons. The summed E-state index contributed by atoms with van der Waals surface area (Å²) in [5, 5.41) is 6.98. The molecular formula is C18H15ClFN3O3. The highest BCUT2D eigenvalue weighted by atomic mass is 35.5. The van der Waals surface area contributed by atoms with E-state index < -0.39 is 0 Å². The van der Waals surface area contributed by atoms with E-state index in [0.717, 1.165) is 0 Å². The number of amides is 1. The number of carbonyl (C=O) groups is 1. The molecule has 0 saturated heterocycles. The Hall–Kier alpha value is -2.93. The number of aryl methyl sites for hydroxylation is 1. The number of ether oxygens (including phenoxy) is 1. The van der Waals surface area contributed by atoms with E-state index in [9.17, 15) is 9.18 Å². The molecule has 2 aromatic carbocycles. The van der Waals surface area contributed by atoms with Gasteiger partial charge < -0.3 is 14.6 Å². The highest BCUT2D eigenvalue weighted by Gasteiger charge is 2.11. The molecule has 6 nitrogen and oxygen atoms in total. The third-order valence-corrected chi connectivity index (χ3v) is 3.87. The largest absolute Gasteiger partial charge is 0.495 e. The maximum Gasteiger partial charge on any atom is 0.227 e. The van der Waals surface area contributed by atoms with Gasteiger partial charge in [-0.05, 0) is 42.5 Å². The predicted molar refractivity (Wildman–Crippen MR) is 94.6 cm³/mol. The third kappa shape index (κ3) is 4.37. The van der Waals surface area contributed by atoms with Crippen LogP contribution in [0.4, 0.5) is 10.1 Å². The number of benzene rings is 2. The first kappa shape index (κ1) is 17.9. The molecule has 0 atom stereocenters. The van der Waals surface area contributed by atoms with Gasteiger partial charge in [-0.15, -0.1) is 0 Å². The summed E-state index contributed by atoms with van der Waals surface area (Å²) in [5.74, 6) is 0.652. The van der Waals surface area contributed by atoms with Crippen LogP contribution in [0.5, 0.6) is 5.75 Å². The van der Waals surface area contributed by atoms with Gasteiger partial charge in [0.1, 0.15) is 11.6 Å². The number of hydrogen-bond donors (Lipinski definition) is 1. The lowest BCUT2D eigenvalue weighted by atomic mass is 10.2.